The molecule has 0 bridgehead atoms. The fourth-order valence-corrected chi connectivity index (χ4v) is 1.79. The molecule has 0 radical (unpaired) electrons. The van der Waals surface area contributed by atoms with Gasteiger partial charge in [-0.1, -0.05) is 36.0 Å². The molecule has 0 amide bonds. The molecule has 1 aromatic rings. The van der Waals surface area contributed by atoms with E-state index in [1.807, 2.05) is 0 Å². The maximum atomic E-state index is 8.61. The molecule has 0 fully saturated rings. The van der Waals surface area contributed by atoms with Gasteiger partial charge in [0.2, 0.25) is 0 Å². The van der Waals surface area contributed by atoms with Crippen LogP contribution >= 0.6 is 23.2 Å². The average molecular weight is 263 g/mol. The summed E-state index contributed by atoms with van der Waals surface area (Å²) in [6.45, 7) is 1.11. The first kappa shape index (κ1) is 13.6. The van der Waals surface area contributed by atoms with Crippen LogP contribution in [-0.4, -0.2) is 23.2 Å². The highest BCUT2D eigenvalue weighted by Gasteiger charge is 2.01. The van der Waals surface area contributed by atoms with Gasteiger partial charge in [-0.15, -0.1) is 0 Å². The summed E-state index contributed by atoms with van der Waals surface area (Å²) in [6.07, 6.45) is 5.64. The van der Waals surface area contributed by atoms with Gasteiger partial charge < -0.3 is 10.4 Å². The molecule has 3 nitrogen and oxygen atoms in total. The lowest BCUT2D eigenvalue weighted by Gasteiger charge is -2.07. The summed E-state index contributed by atoms with van der Waals surface area (Å²) in [4.78, 5) is 4.10. The Morgan fingerprint density at radius 2 is 1.94 bits per heavy atom. The van der Waals surface area contributed by atoms with Crippen molar-refractivity contribution in [3.8, 4) is 0 Å². The lowest BCUT2D eigenvalue weighted by Crippen LogP contribution is -2.03. The number of aromatic nitrogens is 1. The van der Waals surface area contributed by atoms with Gasteiger partial charge in [0, 0.05) is 19.3 Å². The number of aliphatic hydroxyl groups is 1. The number of hydrogen-bond acceptors (Lipinski definition) is 3. The normalized spacial score (nSPS) is 10.4. The zero-order valence-electron chi connectivity index (χ0n) is 9.05. The van der Waals surface area contributed by atoms with E-state index in [0.29, 0.717) is 15.9 Å². The third kappa shape index (κ3) is 5.01. The van der Waals surface area contributed by atoms with Gasteiger partial charge in [0.05, 0.1) is 10.0 Å². The fraction of sp³-hybridized carbons (Fsp3) is 0.545. The Bertz CT molecular complexity index is 321. The van der Waals surface area contributed by atoms with E-state index >= 15 is 0 Å². The van der Waals surface area contributed by atoms with E-state index in [1.165, 1.54) is 0 Å². The summed E-state index contributed by atoms with van der Waals surface area (Å²) in [6, 6.07) is 1.67. The summed E-state index contributed by atoms with van der Waals surface area (Å²) in [5.74, 6) is 0.674. The van der Waals surface area contributed by atoms with Gasteiger partial charge in [-0.2, -0.15) is 0 Å². The predicted octanol–water partition coefficient (Wildman–Crippen LogP) is 3.35. The Morgan fingerprint density at radius 3 is 2.62 bits per heavy atom. The first-order valence-electron chi connectivity index (χ1n) is 5.40. The maximum Gasteiger partial charge on any atom is 0.144 e. The minimum Gasteiger partial charge on any atom is -0.396 e. The smallest absolute Gasteiger partial charge is 0.144 e. The van der Waals surface area contributed by atoms with Crippen LogP contribution in [0.5, 0.6) is 0 Å². The monoisotopic (exact) mass is 262 g/mol. The van der Waals surface area contributed by atoms with Crippen LogP contribution in [0.25, 0.3) is 0 Å². The first-order chi connectivity index (χ1) is 7.74. The molecule has 0 saturated heterocycles. The lowest BCUT2D eigenvalue weighted by atomic mass is 10.2. The minimum absolute atomic E-state index is 0.276. The van der Waals surface area contributed by atoms with Crippen LogP contribution in [0.3, 0.4) is 0 Å². The molecule has 0 unspecified atom stereocenters. The molecule has 0 aromatic carbocycles. The van der Waals surface area contributed by atoms with Crippen LogP contribution in [0.15, 0.2) is 12.3 Å². The number of pyridine rings is 1. The van der Waals surface area contributed by atoms with Crippen LogP contribution in [0.1, 0.15) is 25.7 Å². The Hall–Kier alpha value is -0.510. The zero-order chi connectivity index (χ0) is 11.8. The average Bonchev–Trinajstić information content (AvgIpc) is 2.26. The Kier molecular flexibility index (Phi) is 6.53. The van der Waals surface area contributed by atoms with Gasteiger partial charge in [-0.3, -0.25) is 0 Å². The van der Waals surface area contributed by atoms with Crippen molar-refractivity contribution in [1.82, 2.24) is 4.98 Å². The second-order valence-corrected chi connectivity index (χ2v) is 4.39. The number of halogens is 2. The molecule has 2 N–H and O–H groups in total. The van der Waals surface area contributed by atoms with Gasteiger partial charge in [0.15, 0.2) is 0 Å². The van der Waals surface area contributed by atoms with Crippen molar-refractivity contribution in [3.63, 3.8) is 0 Å². The van der Waals surface area contributed by atoms with Crippen molar-refractivity contribution in [2.75, 3.05) is 18.5 Å². The summed E-state index contributed by atoms with van der Waals surface area (Å²) in [5.41, 5.74) is 0. The van der Waals surface area contributed by atoms with E-state index in [0.717, 1.165) is 32.2 Å². The molecule has 5 heteroatoms. The molecule has 0 aliphatic carbocycles. The zero-order valence-corrected chi connectivity index (χ0v) is 10.6. The Balaban J connectivity index is 2.21. The third-order valence-electron chi connectivity index (χ3n) is 2.19. The van der Waals surface area contributed by atoms with Crippen LogP contribution in [0.2, 0.25) is 10.0 Å². The van der Waals surface area contributed by atoms with Gasteiger partial charge in [0.1, 0.15) is 5.82 Å². The Morgan fingerprint density at radius 1 is 1.19 bits per heavy atom. The van der Waals surface area contributed by atoms with Crippen LogP contribution in [0.4, 0.5) is 5.82 Å². The van der Waals surface area contributed by atoms with Crippen molar-refractivity contribution in [2.45, 2.75) is 25.7 Å². The topological polar surface area (TPSA) is 45.1 Å². The molecule has 0 spiro atoms. The van der Waals surface area contributed by atoms with Crippen molar-refractivity contribution >= 4 is 29.0 Å². The highest BCUT2D eigenvalue weighted by molar-refractivity contribution is 6.35. The molecule has 1 heterocycles. The van der Waals surface area contributed by atoms with E-state index in [1.54, 1.807) is 12.3 Å². The van der Waals surface area contributed by atoms with Crippen molar-refractivity contribution in [1.29, 1.82) is 0 Å². The molecule has 16 heavy (non-hydrogen) atoms. The Labute approximate surface area is 106 Å². The van der Waals surface area contributed by atoms with Crippen LogP contribution < -0.4 is 5.32 Å². The van der Waals surface area contributed by atoms with Crippen LogP contribution in [-0.2, 0) is 0 Å². The highest BCUT2D eigenvalue weighted by Crippen LogP contribution is 2.22. The molecule has 1 aromatic heterocycles. The largest absolute Gasteiger partial charge is 0.396 e. The third-order valence-corrected chi connectivity index (χ3v) is 2.68. The molecule has 0 saturated carbocycles. The predicted molar refractivity (Wildman–Crippen MR) is 68.3 cm³/mol. The van der Waals surface area contributed by atoms with E-state index in [2.05, 4.69) is 10.3 Å². The molecule has 0 atom stereocenters. The van der Waals surface area contributed by atoms with Crippen molar-refractivity contribution < 1.29 is 5.11 Å². The molecular formula is C11H16Cl2N2O. The number of rotatable bonds is 7. The number of anilines is 1. The maximum absolute atomic E-state index is 8.61. The van der Waals surface area contributed by atoms with Crippen molar-refractivity contribution in [2.24, 2.45) is 0 Å². The highest BCUT2D eigenvalue weighted by atomic mass is 35.5. The van der Waals surface area contributed by atoms with Gasteiger partial charge in [0.25, 0.3) is 0 Å². The fourth-order valence-electron chi connectivity index (χ4n) is 1.34. The summed E-state index contributed by atoms with van der Waals surface area (Å²) in [5, 5.41) is 12.8. The summed E-state index contributed by atoms with van der Waals surface area (Å²) in [7, 11) is 0. The van der Waals surface area contributed by atoms with E-state index in [4.69, 9.17) is 28.3 Å². The second kappa shape index (κ2) is 7.71. The van der Waals surface area contributed by atoms with Gasteiger partial charge in [-0.05, 0) is 18.9 Å². The lowest BCUT2D eigenvalue weighted by molar-refractivity contribution is 0.283. The number of aliphatic hydroxyl groups excluding tert-OH is 1. The summed E-state index contributed by atoms with van der Waals surface area (Å²) >= 11 is 11.7. The molecule has 0 aliphatic heterocycles. The number of nitrogens with zero attached hydrogens (tertiary/aromatic N) is 1. The number of nitrogens with one attached hydrogen (secondary N) is 1. The summed E-state index contributed by atoms with van der Waals surface area (Å²) < 4.78 is 0. The van der Waals surface area contributed by atoms with Crippen LogP contribution in [0, 0.1) is 0 Å². The minimum atomic E-state index is 0.276. The standard InChI is InChI=1S/C11H16Cl2N2O/c12-9-7-10(13)11(15-8-9)14-5-3-1-2-4-6-16/h7-8,16H,1-6H2,(H,14,15). The molecule has 1 rings (SSSR count). The van der Waals surface area contributed by atoms with E-state index < -0.39 is 0 Å². The van der Waals surface area contributed by atoms with E-state index in [-0.39, 0.29) is 6.61 Å². The number of hydrogen-bond donors (Lipinski definition) is 2. The SMILES string of the molecule is OCCCCCCNc1ncc(Cl)cc1Cl. The molecular weight excluding hydrogens is 247 g/mol. The molecule has 90 valence electrons. The number of unbranched alkanes of at least 4 members (excludes halogenated alkanes) is 3. The second-order valence-electron chi connectivity index (χ2n) is 3.55. The molecule has 0 aliphatic rings. The van der Waals surface area contributed by atoms with Gasteiger partial charge >= 0.3 is 0 Å². The van der Waals surface area contributed by atoms with Crippen molar-refractivity contribution in [3.05, 3.63) is 22.3 Å². The van der Waals surface area contributed by atoms with E-state index in [9.17, 15) is 0 Å². The first-order valence-corrected chi connectivity index (χ1v) is 6.15. The quantitative estimate of drug-likeness (QED) is 0.741. The van der Waals surface area contributed by atoms with Gasteiger partial charge in [-0.25, -0.2) is 4.98 Å².